The van der Waals surface area contributed by atoms with E-state index in [1.165, 1.54) is 0 Å². The van der Waals surface area contributed by atoms with Gasteiger partial charge in [-0.15, -0.1) is 0 Å². The number of hydrogen-bond donors (Lipinski definition) is 10. The van der Waals surface area contributed by atoms with Crippen molar-refractivity contribution in [1.82, 2.24) is 9.97 Å². The maximum absolute atomic E-state index is 14.1. The molecule has 1 heterocycles. The summed E-state index contributed by atoms with van der Waals surface area (Å²) in [4.78, 5) is 67.7. The Labute approximate surface area is 349 Å². The minimum absolute atomic E-state index is 0.127. The number of carbonyl (C=O) groups is 4. The number of carbonyl (C=O) groups excluding carboxylic acids is 4. The van der Waals surface area contributed by atoms with Gasteiger partial charge in [-0.3, -0.25) is 29.2 Å². The lowest BCUT2D eigenvalue weighted by Gasteiger charge is -2.20. The van der Waals surface area contributed by atoms with Crippen molar-refractivity contribution < 1.29 is 55.0 Å². The van der Waals surface area contributed by atoms with Crippen LogP contribution in [0.5, 0.6) is 11.5 Å². The Morgan fingerprint density at radius 1 is 0.565 bits per heavy atom. The van der Waals surface area contributed by atoms with Gasteiger partial charge in [0.15, 0.2) is 23.4 Å². The third-order valence-corrected chi connectivity index (χ3v) is 7.95. The first-order valence-electron chi connectivity index (χ1n) is 18.5. The molecule has 26 heteroatoms. The number of halogens is 6. The van der Waals surface area contributed by atoms with Crippen molar-refractivity contribution in [2.75, 3.05) is 60.7 Å². The molecule has 0 aliphatic rings. The Kier molecular flexibility index (Phi) is 18.4. The molecule has 0 unspecified atom stereocenters. The second kappa shape index (κ2) is 23.1. The fraction of sp³-hybridized carbons (Fsp3) is 0.389. The number of benzene rings is 2. The van der Waals surface area contributed by atoms with Gasteiger partial charge in [0.2, 0.25) is 11.8 Å². The Hall–Kier alpha value is -6.96. The molecule has 338 valence electrons. The van der Waals surface area contributed by atoms with Gasteiger partial charge >= 0.3 is 12.4 Å². The first kappa shape index (κ1) is 49.4. The van der Waals surface area contributed by atoms with E-state index in [0.717, 1.165) is 12.4 Å². The highest BCUT2D eigenvalue weighted by molar-refractivity contribution is 6.09. The second-order valence-corrected chi connectivity index (χ2v) is 12.9. The van der Waals surface area contributed by atoms with Gasteiger partial charge in [-0.2, -0.15) is 26.3 Å². The molecule has 4 amide bonds. The van der Waals surface area contributed by atoms with Crippen LogP contribution in [0.15, 0.2) is 46.6 Å². The lowest BCUT2D eigenvalue weighted by Crippen LogP contribution is -2.23. The SMILES string of the molecule is NCCOc1c(NC(=O)CCCCN=C(N)N)cc(C(F)(F)F)cc1NC(=O)c1cc(C(=O)Nc2cc(C(F)(F)F)cc(NC(=O)CCCCN=C(N)N)c2OCCN)ncn1. The molecule has 0 aliphatic carbocycles. The molecule has 0 spiro atoms. The third kappa shape index (κ3) is 15.9. The van der Waals surface area contributed by atoms with Gasteiger partial charge < -0.3 is 65.1 Å². The van der Waals surface area contributed by atoms with Crippen molar-refractivity contribution in [3.8, 4) is 11.5 Å². The summed E-state index contributed by atoms with van der Waals surface area (Å²) in [6.45, 7) is -0.394. The Balaban J connectivity index is 1.95. The van der Waals surface area contributed by atoms with Crippen LogP contribution in [0.2, 0.25) is 0 Å². The first-order valence-corrected chi connectivity index (χ1v) is 18.5. The van der Waals surface area contributed by atoms with Gasteiger partial charge in [0.25, 0.3) is 11.8 Å². The highest BCUT2D eigenvalue weighted by Gasteiger charge is 2.35. The van der Waals surface area contributed by atoms with Gasteiger partial charge in [0.05, 0.1) is 33.9 Å². The number of unbranched alkanes of at least 4 members (excludes halogenated alkanes) is 2. The number of amides is 4. The molecule has 0 fully saturated rings. The third-order valence-electron chi connectivity index (χ3n) is 7.95. The standard InChI is InChI=1S/C36H46F6N14O6/c37-35(38,39)19-13-21(53-27(57)5-1-3-9-49-33(45)46)29(61-11-7-43)23(15-19)55-31(59)25-17-26(52-18-51-25)32(60)56-24-16-20(36(40,41)42)14-22(30(24)62-12-8-44)54-28(58)6-2-4-10-50-34(47)48/h13-18H,1-12,43-44H2,(H,53,57)(H,54,58)(H,55,59)(H,56,60)(H4,45,46,49)(H4,47,48,50). The van der Waals surface area contributed by atoms with E-state index in [1.54, 1.807) is 0 Å². The Morgan fingerprint density at radius 3 is 1.24 bits per heavy atom. The number of ether oxygens (including phenoxy) is 2. The number of aromatic nitrogens is 2. The second-order valence-electron chi connectivity index (χ2n) is 12.9. The lowest BCUT2D eigenvalue weighted by molar-refractivity contribution is -0.138. The lowest BCUT2D eigenvalue weighted by atomic mass is 10.1. The number of alkyl halides is 6. The molecule has 0 saturated heterocycles. The van der Waals surface area contributed by atoms with Crippen LogP contribution in [0.25, 0.3) is 0 Å². The van der Waals surface area contributed by atoms with Crippen molar-refractivity contribution in [3.63, 3.8) is 0 Å². The van der Waals surface area contributed by atoms with Crippen molar-refractivity contribution in [2.24, 2.45) is 44.4 Å². The van der Waals surface area contributed by atoms with Crippen LogP contribution in [0.3, 0.4) is 0 Å². The van der Waals surface area contributed by atoms with Crippen molar-refractivity contribution in [3.05, 3.63) is 59.2 Å². The van der Waals surface area contributed by atoms with Crippen LogP contribution in [0, 0.1) is 0 Å². The molecule has 3 aromatic rings. The molecule has 0 atom stereocenters. The molecule has 2 aromatic carbocycles. The van der Waals surface area contributed by atoms with Crippen LogP contribution in [0.1, 0.15) is 70.6 Å². The average molecular weight is 885 g/mol. The monoisotopic (exact) mass is 884 g/mol. The summed E-state index contributed by atoms with van der Waals surface area (Å²) in [5, 5.41) is 9.15. The van der Waals surface area contributed by atoms with Crippen molar-refractivity contribution >= 4 is 58.3 Å². The highest BCUT2D eigenvalue weighted by Crippen LogP contribution is 2.42. The number of nitrogens with zero attached hydrogens (tertiary/aromatic N) is 4. The zero-order valence-electron chi connectivity index (χ0n) is 32.9. The van der Waals surface area contributed by atoms with E-state index in [2.05, 4.69) is 41.2 Å². The summed E-state index contributed by atoms with van der Waals surface area (Å²) in [5.41, 5.74) is 26.3. The van der Waals surface area contributed by atoms with Gasteiger partial charge in [0, 0.05) is 45.1 Å². The van der Waals surface area contributed by atoms with Crippen LogP contribution in [-0.2, 0) is 21.9 Å². The molecular formula is C36H46F6N14O6. The minimum Gasteiger partial charge on any atom is -0.488 e. The summed E-state index contributed by atoms with van der Waals surface area (Å²) >= 11 is 0. The molecule has 1 aromatic heterocycles. The van der Waals surface area contributed by atoms with E-state index in [4.69, 9.17) is 43.9 Å². The van der Waals surface area contributed by atoms with Crippen molar-refractivity contribution in [2.45, 2.75) is 50.9 Å². The van der Waals surface area contributed by atoms with E-state index in [0.29, 0.717) is 37.1 Å². The number of hydrogen-bond acceptors (Lipinski definition) is 12. The van der Waals surface area contributed by atoms with E-state index < -0.39 is 92.7 Å². The number of nitrogens with one attached hydrogen (secondary N) is 4. The predicted octanol–water partition coefficient (Wildman–Crippen LogP) is 2.46. The van der Waals surface area contributed by atoms with Crippen LogP contribution < -0.4 is 65.1 Å². The number of aliphatic imine (C=N–C) groups is 2. The molecule has 62 heavy (non-hydrogen) atoms. The summed E-state index contributed by atoms with van der Waals surface area (Å²) in [6, 6.07) is 3.05. The van der Waals surface area contributed by atoms with Crippen LogP contribution in [0.4, 0.5) is 49.1 Å². The zero-order valence-corrected chi connectivity index (χ0v) is 32.9. The largest absolute Gasteiger partial charge is 0.488 e. The molecule has 0 bridgehead atoms. The summed E-state index contributed by atoms with van der Waals surface area (Å²) in [5.74, 6) is -4.94. The van der Waals surface area contributed by atoms with Gasteiger partial charge in [-0.05, 0) is 49.9 Å². The van der Waals surface area contributed by atoms with E-state index in [1.807, 2.05) is 0 Å². The van der Waals surface area contributed by atoms with E-state index >= 15 is 0 Å². The molecule has 20 nitrogen and oxygen atoms in total. The smallest absolute Gasteiger partial charge is 0.416 e. The number of rotatable bonds is 22. The number of nitrogens with two attached hydrogens (primary N) is 6. The molecule has 0 aliphatic heterocycles. The van der Waals surface area contributed by atoms with Gasteiger partial charge in [0.1, 0.15) is 30.9 Å². The normalized spacial score (nSPS) is 11.2. The molecule has 3 rings (SSSR count). The number of guanidine groups is 2. The highest BCUT2D eigenvalue weighted by atomic mass is 19.4. The summed E-state index contributed by atoms with van der Waals surface area (Å²) in [6.07, 6.45) is -8.29. The van der Waals surface area contributed by atoms with Crippen molar-refractivity contribution in [1.29, 1.82) is 0 Å². The van der Waals surface area contributed by atoms with Gasteiger partial charge in [-0.1, -0.05) is 0 Å². The average Bonchev–Trinajstić information content (AvgIpc) is 3.18. The molecule has 0 saturated carbocycles. The minimum atomic E-state index is -4.99. The summed E-state index contributed by atoms with van der Waals surface area (Å²) in [7, 11) is 0. The van der Waals surface area contributed by atoms with E-state index in [-0.39, 0.29) is 77.0 Å². The zero-order chi connectivity index (χ0) is 46.0. The Bertz CT molecular complexity index is 1970. The van der Waals surface area contributed by atoms with E-state index in [9.17, 15) is 45.5 Å². The topological polar surface area (TPSA) is 341 Å². The van der Waals surface area contributed by atoms with Crippen LogP contribution >= 0.6 is 0 Å². The Morgan fingerprint density at radius 2 is 0.919 bits per heavy atom. The number of anilines is 4. The summed E-state index contributed by atoms with van der Waals surface area (Å²) < 4.78 is 95.6. The predicted molar refractivity (Wildman–Crippen MR) is 216 cm³/mol. The fourth-order valence-corrected chi connectivity index (χ4v) is 5.20. The molecule has 16 N–H and O–H groups in total. The molecular weight excluding hydrogens is 838 g/mol. The fourth-order valence-electron chi connectivity index (χ4n) is 5.20. The first-order chi connectivity index (χ1) is 29.2. The van der Waals surface area contributed by atoms with Gasteiger partial charge in [-0.25, -0.2) is 9.97 Å². The quantitative estimate of drug-likeness (QED) is 0.0300. The molecule has 0 radical (unpaired) electrons. The maximum Gasteiger partial charge on any atom is 0.416 e. The maximum atomic E-state index is 14.1. The van der Waals surface area contributed by atoms with Crippen LogP contribution in [-0.4, -0.2) is 84.9 Å².